The van der Waals surface area contributed by atoms with Crippen molar-refractivity contribution in [3.05, 3.63) is 103 Å². The van der Waals surface area contributed by atoms with Crippen LogP contribution in [0.4, 0.5) is 21.9 Å². The van der Waals surface area contributed by atoms with Gasteiger partial charge in [-0.05, 0) is 66.9 Å². The molecule has 1 aliphatic rings. The van der Waals surface area contributed by atoms with Gasteiger partial charge >= 0.3 is 6.03 Å². The smallest absolute Gasteiger partial charge is 0.326 e. The van der Waals surface area contributed by atoms with Crippen molar-refractivity contribution in [3.63, 3.8) is 0 Å². The molecule has 2 aromatic carbocycles. The van der Waals surface area contributed by atoms with Crippen LogP contribution >= 0.6 is 0 Å². The number of carbonyl (C=O) groups is 2. The van der Waals surface area contributed by atoms with Crippen LogP contribution in [0.3, 0.4) is 0 Å². The zero-order chi connectivity index (χ0) is 31.1. The summed E-state index contributed by atoms with van der Waals surface area (Å²) in [5.74, 6) is 0.340. The molecule has 5 rings (SSSR count). The van der Waals surface area contributed by atoms with E-state index in [2.05, 4.69) is 24.9 Å². The number of para-hydroxylation sites is 1. The number of nitrogens with zero attached hydrogens (tertiary/aromatic N) is 4. The van der Waals surface area contributed by atoms with E-state index in [0.29, 0.717) is 29.5 Å². The summed E-state index contributed by atoms with van der Waals surface area (Å²) in [5, 5.41) is 2.90. The second kappa shape index (κ2) is 13.5. The molecule has 0 bridgehead atoms. The Bertz CT molecular complexity index is 1680. The SMILES string of the molecule is CS(=O)(=O)Nc1ccc(Oc2ccc(CN3CCC(N(C(=O)Nc4ccc(C(N)=O)nc4)c4ccccc4)CC3)cn2)cc1. The maximum atomic E-state index is 13.5. The summed E-state index contributed by atoms with van der Waals surface area (Å²) in [6.45, 7) is 2.30. The summed E-state index contributed by atoms with van der Waals surface area (Å²) in [6.07, 6.45) is 5.85. The number of piperidine rings is 1. The van der Waals surface area contributed by atoms with Gasteiger partial charge in [0.2, 0.25) is 15.9 Å². The Morgan fingerprint density at radius 2 is 1.64 bits per heavy atom. The van der Waals surface area contributed by atoms with Gasteiger partial charge in [-0.15, -0.1) is 0 Å². The van der Waals surface area contributed by atoms with E-state index < -0.39 is 15.9 Å². The molecule has 4 N–H and O–H groups in total. The predicted molar refractivity (Wildman–Crippen MR) is 168 cm³/mol. The number of amides is 3. The minimum Gasteiger partial charge on any atom is -0.439 e. The zero-order valence-corrected chi connectivity index (χ0v) is 24.9. The first-order chi connectivity index (χ1) is 21.1. The molecule has 0 saturated carbocycles. The van der Waals surface area contributed by atoms with Crippen molar-refractivity contribution in [2.75, 3.05) is 34.3 Å². The minimum atomic E-state index is -3.35. The zero-order valence-electron chi connectivity index (χ0n) is 24.1. The minimum absolute atomic E-state index is 0.0144. The Morgan fingerprint density at radius 3 is 2.23 bits per heavy atom. The molecule has 3 amide bonds. The number of anilines is 3. The molecule has 0 aliphatic carbocycles. The summed E-state index contributed by atoms with van der Waals surface area (Å²) < 4.78 is 31.0. The lowest BCUT2D eigenvalue weighted by atomic mass is 10.0. The number of carbonyl (C=O) groups excluding carboxylic acids is 2. The van der Waals surface area contributed by atoms with E-state index in [9.17, 15) is 18.0 Å². The van der Waals surface area contributed by atoms with Gasteiger partial charge in [0, 0.05) is 49.3 Å². The highest BCUT2D eigenvalue weighted by Crippen LogP contribution is 2.26. The molecule has 1 fully saturated rings. The summed E-state index contributed by atoms with van der Waals surface area (Å²) in [5.41, 5.74) is 8.16. The van der Waals surface area contributed by atoms with Crippen molar-refractivity contribution < 1.29 is 22.7 Å². The lowest BCUT2D eigenvalue weighted by Gasteiger charge is -2.38. The number of hydrogen-bond acceptors (Lipinski definition) is 8. The number of aromatic nitrogens is 2. The highest BCUT2D eigenvalue weighted by atomic mass is 32.2. The molecule has 0 radical (unpaired) electrons. The van der Waals surface area contributed by atoms with Crippen molar-refractivity contribution in [1.82, 2.24) is 14.9 Å². The third-order valence-electron chi connectivity index (χ3n) is 7.03. The van der Waals surface area contributed by atoms with Crippen molar-refractivity contribution in [3.8, 4) is 11.6 Å². The van der Waals surface area contributed by atoms with Gasteiger partial charge in [0.1, 0.15) is 11.4 Å². The predicted octanol–water partition coefficient (Wildman–Crippen LogP) is 4.44. The van der Waals surface area contributed by atoms with Gasteiger partial charge in [0.15, 0.2) is 0 Å². The first-order valence-electron chi connectivity index (χ1n) is 14.0. The molecule has 0 unspecified atom stereocenters. The van der Waals surface area contributed by atoms with Crippen molar-refractivity contribution in [2.24, 2.45) is 5.73 Å². The molecule has 0 atom stereocenters. The van der Waals surface area contributed by atoms with E-state index in [1.165, 1.54) is 12.3 Å². The lowest BCUT2D eigenvalue weighted by molar-refractivity contribution is 0.0995. The number of nitrogens with two attached hydrogens (primary N) is 1. The monoisotopic (exact) mass is 615 g/mol. The van der Waals surface area contributed by atoms with E-state index in [1.54, 1.807) is 47.5 Å². The quantitative estimate of drug-likeness (QED) is 0.236. The van der Waals surface area contributed by atoms with Crippen molar-refractivity contribution in [1.29, 1.82) is 0 Å². The normalized spacial score (nSPS) is 14.0. The molecular weight excluding hydrogens is 582 g/mol. The van der Waals surface area contributed by atoms with Gasteiger partial charge in [-0.2, -0.15) is 0 Å². The van der Waals surface area contributed by atoms with E-state index in [-0.39, 0.29) is 17.8 Å². The average molecular weight is 616 g/mol. The van der Waals surface area contributed by atoms with Gasteiger partial charge in [-0.1, -0.05) is 24.3 Å². The highest BCUT2D eigenvalue weighted by molar-refractivity contribution is 7.92. The number of likely N-dealkylation sites (tertiary alicyclic amines) is 1. The number of pyridine rings is 2. The Morgan fingerprint density at radius 1 is 0.932 bits per heavy atom. The maximum Gasteiger partial charge on any atom is 0.326 e. The Hall–Kier alpha value is -5.01. The average Bonchev–Trinajstić information content (AvgIpc) is 3.00. The summed E-state index contributed by atoms with van der Waals surface area (Å²) in [7, 11) is -3.35. The molecule has 1 saturated heterocycles. The largest absolute Gasteiger partial charge is 0.439 e. The Kier molecular flexibility index (Phi) is 9.36. The summed E-state index contributed by atoms with van der Waals surface area (Å²) >= 11 is 0. The molecule has 12 nitrogen and oxygen atoms in total. The van der Waals surface area contributed by atoms with Crippen molar-refractivity contribution >= 4 is 39.0 Å². The highest BCUT2D eigenvalue weighted by Gasteiger charge is 2.29. The number of sulfonamides is 1. The summed E-state index contributed by atoms with van der Waals surface area (Å²) in [4.78, 5) is 37.4. The van der Waals surface area contributed by atoms with Crippen LogP contribution in [-0.2, 0) is 16.6 Å². The van der Waals surface area contributed by atoms with Crippen LogP contribution in [0, 0.1) is 0 Å². The van der Waals surface area contributed by atoms with Crippen LogP contribution in [0.5, 0.6) is 11.6 Å². The maximum absolute atomic E-state index is 13.5. The second-order valence-electron chi connectivity index (χ2n) is 10.4. The number of primary amides is 1. The fraction of sp³-hybridized carbons (Fsp3) is 0.226. The molecule has 1 aliphatic heterocycles. The number of nitrogens with one attached hydrogen (secondary N) is 2. The van der Waals surface area contributed by atoms with Crippen LogP contribution in [0.2, 0.25) is 0 Å². The fourth-order valence-corrected chi connectivity index (χ4v) is 5.53. The molecule has 2 aromatic heterocycles. The van der Waals surface area contributed by atoms with E-state index in [1.807, 2.05) is 36.4 Å². The second-order valence-corrected chi connectivity index (χ2v) is 12.2. The number of hydrogen-bond donors (Lipinski definition) is 3. The van der Waals surface area contributed by atoms with Crippen LogP contribution in [-0.4, -0.2) is 60.6 Å². The van der Waals surface area contributed by atoms with Gasteiger partial charge in [-0.3, -0.25) is 19.3 Å². The third kappa shape index (κ3) is 8.30. The summed E-state index contributed by atoms with van der Waals surface area (Å²) in [6, 6.07) is 22.7. The van der Waals surface area contributed by atoms with Gasteiger partial charge in [0.05, 0.1) is 18.1 Å². The van der Waals surface area contributed by atoms with Crippen LogP contribution in [0.15, 0.2) is 91.3 Å². The topological polar surface area (TPSA) is 160 Å². The van der Waals surface area contributed by atoms with Gasteiger partial charge < -0.3 is 15.8 Å². The Labute approximate surface area is 255 Å². The lowest BCUT2D eigenvalue weighted by Crippen LogP contribution is -2.49. The first-order valence-corrected chi connectivity index (χ1v) is 15.9. The van der Waals surface area contributed by atoms with E-state index >= 15 is 0 Å². The number of benzene rings is 2. The number of rotatable bonds is 10. The first kappa shape index (κ1) is 30.4. The number of urea groups is 1. The van der Waals surface area contributed by atoms with Crippen LogP contribution < -0.4 is 25.4 Å². The molecule has 3 heterocycles. The number of ether oxygens (including phenoxy) is 1. The van der Waals surface area contributed by atoms with Crippen LogP contribution in [0.25, 0.3) is 0 Å². The van der Waals surface area contributed by atoms with Gasteiger partial charge in [0.25, 0.3) is 5.91 Å². The van der Waals surface area contributed by atoms with E-state index in [4.69, 9.17) is 10.5 Å². The van der Waals surface area contributed by atoms with E-state index in [0.717, 1.165) is 43.4 Å². The molecule has 13 heteroatoms. The third-order valence-corrected chi connectivity index (χ3v) is 7.63. The Balaban J connectivity index is 1.16. The molecule has 44 heavy (non-hydrogen) atoms. The molecular formula is C31H33N7O5S. The van der Waals surface area contributed by atoms with Gasteiger partial charge in [-0.25, -0.2) is 23.2 Å². The standard InChI is InChI=1S/C31H33N7O5S/c1-44(41,42)36-23-8-11-27(12-9-23)43-29-14-7-22(19-34-29)21-37-17-15-26(16-18-37)38(25-5-3-2-4-6-25)31(40)35-24-10-13-28(30(32)39)33-20-24/h2-14,19-20,26,36H,15-18,21H2,1H3,(H2,32,39)(H,35,40). The molecule has 4 aromatic rings. The van der Waals surface area contributed by atoms with Crippen molar-refractivity contribution in [2.45, 2.75) is 25.4 Å². The fourth-order valence-electron chi connectivity index (χ4n) is 4.96. The molecule has 228 valence electrons. The molecule has 0 spiro atoms. The van der Waals surface area contributed by atoms with Crippen LogP contribution in [0.1, 0.15) is 28.9 Å².